The van der Waals surface area contributed by atoms with Gasteiger partial charge in [0.05, 0.1) is 31.0 Å². The van der Waals surface area contributed by atoms with Crippen LogP contribution in [0.3, 0.4) is 0 Å². The number of rotatable bonds is 2. The number of hydrogen-bond acceptors (Lipinski definition) is 4. The third-order valence-corrected chi connectivity index (χ3v) is 5.89. The summed E-state index contributed by atoms with van der Waals surface area (Å²) in [5.74, 6) is 0.801. The van der Waals surface area contributed by atoms with Crippen LogP contribution in [-0.4, -0.2) is 60.6 Å². The topological polar surface area (TPSA) is 33.5 Å². The molecule has 4 aliphatic rings. The van der Waals surface area contributed by atoms with Gasteiger partial charge in [-0.3, -0.25) is 4.68 Å². The van der Waals surface area contributed by atoms with Crippen LogP contribution in [0.2, 0.25) is 0 Å². The Balaban J connectivity index is 1.51. The lowest BCUT2D eigenvalue weighted by molar-refractivity contribution is 0.0534. The second kappa shape index (κ2) is 5.49. The molecule has 1 atom stereocenters. The summed E-state index contributed by atoms with van der Waals surface area (Å²) in [6.07, 6.45) is 4.69. The summed E-state index contributed by atoms with van der Waals surface area (Å²) in [7, 11) is 0. The maximum absolute atomic E-state index is 5.48. The Bertz CT molecular complexity index is 698. The smallest absolute Gasteiger partial charge is 0.0707 e. The lowest BCUT2D eigenvalue weighted by Crippen LogP contribution is -2.48. The molecular weight excluding hydrogens is 288 g/mol. The van der Waals surface area contributed by atoms with Gasteiger partial charge in [0.25, 0.3) is 0 Å². The first-order valence-corrected chi connectivity index (χ1v) is 8.91. The van der Waals surface area contributed by atoms with Crippen LogP contribution in [0, 0.1) is 5.92 Å². The third-order valence-electron chi connectivity index (χ3n) is 5.89. The average molecular weight is 312 g/mol. The van der Waals surface area contributed by atoms with Gasteiger partial charge in [0, 0.05) is 30.7 Å². The standard InChI is InChI=1S/C18H24N4O/c1-2-16(21-7-9-23-10-8-21)11-17-15(1)12-19-22(17)18-13-20-5-3-14(18)4-6-20/h1-2,11-12,14,18H,3-10,13H2/t18-/m0/s1. The van der Waals surface area contributed by atoms with Crippen LogP contribution in [0.5, 0.6) is 0 Å². The fourth-order valence-corrected chi connectivity index (χ4v) is 4.52. The summed E-state index contributed by atoms with van der Waals surface area (Å²) in [6.45, 7) is 7.36. The van der Waals surface area contributed by atoms with E-state index in [-0.39, 0.29) is 0 Å². The molecule has 0 spiro atoms. The first-order valence-electron chi connectivity index (χ1n) is 8.91. The summed E-state index contributed by atoms with van der Waals surface area (Å²) >= 11 is 0. The first kappa shape index (κ1) is 13.8. The third kappa shape index (κ3) is 2.34. The predicted octanol–water partition coefficient (Wildman–Crippen LogP) is 2.14. The van der Waals surface area contributed by atoms with Crippen LogP contribution in [0.25, 0.3) is 10.9 Å². The van der Waals surface area contributed by atoms with E-state index >= 15 is 0 Å². The molecule has 5 heteroatoms. The predicted molar refractivity (Wildman–Crippen MR) is 91.0 cm³/mol. The van der Waals surface area contributed by atoms with Crippen LogP contribution in [0.1, 0.15) is 18.9 Å². The fourth-order valence-electron chi connectivity index (χ4n) is 4.52. The summed E-state index contributed by atoms with van der Waals surface area (Å²) in [6, 6.07) is 7.35. The Kier molecular flexibility index (Phi) is 3.30. The van der Waals surface area contributed by atoms with Gasteiger partial charge < -0.3 is 14.5 Å². The minimum atomic E-state index is 0.551. The number of anilines is 1. The highest BCUT2D eigenvalue weighted by Gasteiger charge is 2.36. The number of morpholine rings is 1. The van der Waals surface area contributed by atoms with E-state index in [4.69, 9.17) is 9.84 Å². The molecule has 122 valence electrons. The molecule has 1 aromatic heterocycles. The van der Waals surface area contributed by atoms with E-state index in [1.807, 2.05) is 6.20 Å². The Morgan fingerprint density at radius 2 is 1.87 bits per heavy atom. The Labute approximate surface area is 136 Å². The van der Waals surface area contributed by atoms with Crippen molar-refractivity contribution in [3.05, 3.63) is 24.4 Å². The average Bonchev–Trinajstić information content (AvgIpc) is 3.06. The Hall–Kier alpha value is -1.59. The summed E-state index contributed by atoms with van der Waals surface area (Å²) in [5, 5.41) is 6.03. The van der Waals surface area contributed by atoms with E-state index in [2.05, 4.69) is 32.7 Å². The Morgan fingerprint density at radius 1 is 1.04 bits per heavy atom. The highest BCUT2D eigenvalue weighted by Crippen LogP contribution is 2.37. The van der Waals surface area contributed by atoms with Crippen LogP contribution < -0.4 is 4.90 Å². The summed E-state index contributed by atoms with van der Waals surface area (Å²) in [5.41, 5.74) is 2.61. The van der Waals surface area contributed by atoms with Crippen LogP contribution in [0.4, 0.5) is 5.69 Å². The van der Waals surface area contributed by atoms with Gasteiger partial charge >= 0.3 is 0 Å². The highest BCUT2D eigenvalue weighted by atomic mass is 16.5. The zero-order chi connectivity index (χ0) is 15.2. The van der Waals surface area contributed by atoms with E-state index in [0.717, 1.165) is 32.2 Å². The van der Waals surface area contributed by atoms with Crippen molar-refractivity contribution < 1.29 is 4.74 Å². The minimum Gasteiger partial charge on any atom is -0.378 e. The zero-order valence-electron chi connectivity index (χ0n) is 13.5. The molecule has 4 fully saturated rings. The maximum atomic E-state index is 5.48. The van der Waals surface area contributed by atoms with Crippen LogP contribution in [0.15, 0.2) is 24.4 Å². The van der Waals surface area contributed by atoms with Crippen molar-refractivity contribution in [2.75, 3.05) is 50.8 Å². The van der Waals surface area contributed by atoms with Gasteiger partial charge in [0.2, 0.25) is 0 Å². The van der Waals surface area contributed by atoms with Crippen molar-refractivity contribution in [3.63, 3.8) is 0 Å². The first-order chi connectivity index (χ1) is 11.4. The van der Waals surface area contributed by atoms with Crippen molar-refractivity contribution in [2.45, 2.75) is 18.9 Å². The number of nitrogens with zero attached hydrogens (tertiary/aromatic N) is 4. The van der Waals surface area contributed by atoms with Crippen molar-refractivity contribution >= 4 is 16.6 Å². The molecule has 4 aliphatic heterocycles. The quantitative estimate of drug-likeness (QED) is 0.851. The lowest BCUT2D eigenvalue weighted by atomic mass is 9.84. The normalized spacial score (nSPS) is 31.0. The van der Waals surface area contributed by atoms with E-state index in [1.165, 1.54) is 49.1 Å². The molecule has 0 radical (unpaired) electrons. The van der Waals surface area contributed by atoms with E-state index < -0.39 is 0 Å². The van der Waals surface area contributed by atoms with Gasteiger partial charge in [-0.05, 0) is 50.0 Å². The molecule has 0 unspecified atom stereocenters. The van der Waals surface area contributed by atoms with Gasteiger partial charge in [-0.25, -0.2) is 0 Å². The van der Waals surface area contributed by atoms with E-state index in [0.29, 0.717) is 6.04 Å². The van der Waals surface area contributed by atoms with Crippen molar-refractivity contribution in [1.82, 2.24) is 14.7 Å². The summed E-state index contributed by atoms with van der Waals surface area (Å²) in [4.78, 5) is 5.03. The molecule has 5 heterocycles. The molecule has 5 nitrogen and oxygen atoms in total. The molecule has 6 rings (SSSR count). The minimum absolute atomic E-state index is 0.551. The fraction of sp³-hybridized carbons (Fsp3) is 0.611. The highest BCUT2D eigenvalue weighted by molar-refractivity contribution is 5.82. The number of benzene rings is 1. The zero-order valence-corrected chi connectivity index (χ0v) is 13.5. The molecule has 0 aliphatic carbocycles. The number of hydrogen-bond donors (Lipinski definition) is 0. The Morgan fingerprint density at radius 3 is 2.61 bits per heavy atom. The molecule has 2 aromatic rings. The molecule has 1 aromatic carbocycles. The van der Waals surface area contributed by atoms with E-state index in [1.54, 1.807) is 0 Å². The molecule has 2 bridgehead atoms. The van der Waals surface area contributed by atoms with Crippen molar-refractivity contribution in [1.29, 1.82) is 0 Å². The van der Waals surface area contributed by atoms with Crippen LogP contribution >= 0.6 is 0 Å². The van der Waals surface area contributed by atoms with E-state index in [9.17, 15) is 0 Å². The molecular formula is C18H24N4O. The maximum Gasteiger partial charge on any atom is 0.0707 e. The van der Waals surface area contributed by atoms with Crippen molar-refractivity contribution in [3.8, 4) is 0 Å². The SMILES string of the molecule is c1cc2cnn([C@H]3CN4CCC3CC4)c2cc1N1CCOCC1. The second-order valence-corrected chi connectivity index (χ2v) is 7.14. The number of fused-ring (bicyclic) bond motifs is 4. The van der Waals surface area contributed by atoms with Gasteiger partial charge in [-0.2, -0.15) is 5.10 Å². The molecule has 0 saturated carbocycles. The van der Waals surface area contributed by atoms with Crippen LogP contribution in [-0.2, 0) is 4.74 Å². The largest absolute Gasteiger partial charge is 0.378 e. The molecule has 0 N–H and O–H groups in total. The lowest BCUT2D eigenvalue weighted by Gasteiger charge is -2.44. The summed E-state index contributed by atoms with van der Waals surface area (Å²) < 4.78 is 7.80. The molecule has 23 heavy (non-hydrogen) atoms. The van der Waals surface area contributed by atoms with Gasteiger partial charge in [-0.15, -0.1) is 0 Å². The van der Waals surface area contributed by atoms with Gasteiger partial charge in [-0.1, -0.05) is 0 Å². The van der Waals surface area contributed by atoms with Gasteiger partial charge in [0.15, 0.2) is 0 Å². The number of aromatic nitrogens is 2. The molecule has 4 saturated heterocycles. The number of ether oxygens (including phenoxy) is 1. The van der Waals surface area contributed by atoms with Crippen molar-refractivity contribution in [2.24, 2.45) is 5.92 Å². The molecule has 0 amide bonds. The monoisotopic (exact) mass is 312 g/mol. The van der Waals surface area contributed by atoms with Gasteiger partial charge in [0.1, 0.15) is 0 Å². The second-order valence-electron chi connectivity index (χ2n) is 7.14. The number of piperidine rings is 3.